The predicted octanol–water partition coefficient (Wildman–Crippen LogP) is 2.57. The Morgan fingerprint density at radius 3 is 2.94 bits per heavy atom. The SMILES string of the molecule is CC(C)NC(=O)O[C@H]1CO[C@@H](c2cc(Nc3nc(-c4cncnc4)cc4nccn34)n[nH]2)[C@@H]1F. The number of alkyl halides is 1. The maximum atomic E-state index is 14.9. The first kappa shape index (κ1) is 21.7. The largest absolute Gasteiger partial charge is 0.441 e. The zero-order chi connectivity index (χ0) is 23.7. The lowest BCUT2D eigenvalue weighted by molar-refractivity contribution is 0.0615. The van der Waals surface area contributed by atoms with E-state index in [4.69, 9.17) is 9.47 Å². The van der Waals surface area contributed by atoms with E-state index >= 15 is 0 Å². The van der Waals surface area contributed by atoms with Gasteiger partial charge in [0.15, 0.2) is 18.1 Å². The number of aromatic amines is 1. The fourth-order valence-corrected chi connectivity index (χ4v) is 3.60. The monoisotopic (exact) mass is 467 g/mol. The highest BCUT2D eigenvalue weighted by atomic mass is 19.1. The van der Waals surface area contributed by atoms with Crippen LogP contribution in [0.3, 0.4) is 0 Å². The number of anilines is 2. The molecule has 12 nitrogen and oxygen atoms in total. The summed E-state index contributed by atoms with van der Waals surface area (Å²) < 4.78 is 27.4. The second kappa shape index (κ2) is 9.02. The van der Waals surface area contributed by atoms with Crippen molar-refractivity contribution in [3.05, 3.63) is 48.9 Å². The Labute approximate surface area is 193 Å². The molecule has 0 radical (unpaired) electrons. The van der Waals surface area contributed by atoms with Crippen LogP contribution in [0.25, 0.3) is 16.9 Å². The van der Waals surface area contributed by atoms with Crippen LogP contribution in [0.4, 0.5) is 21.0 Å². The molecule has 0 aliphatic carbocycles. The third kappa shape index (κ3) is 4.37. The molecule has 5 rings (SSSR count). The molecule has 1 saturated heterocycles. The summed E-state index contributed by atoms with van der Waals surface area (Å²) in [4.78, 5) is 28.9. The summed E-state index contributed by atoms with van der Waals surface area (Å²) in [6, 6.07) is 3.32. The van der Waals surface area contributed by atoms with Gasteiger partial charge >= 0.3 is 6.09 Å². The number of nitrogens with zero attached hydrogens (tertiary/aromatic N) is 6. The third-order valence-corrected chi connectivity index (χ3v) is 5.14. The number of amides is 1. The van der Waals surface area contributed by atoms with Crippen LogP contribution < -0.4 is 10.6 Å². The highest BCUT2D eigenvalue weighted by molar-refractivity contribution is 5.68. The maximum Gasteiger partial charge on any atom is 0.407 e. The second-order valence-corrected chi connectivity index (χ2v) is 8.02. The smallest absolute Gasteiger partial charge is 0.407 e. The molecule has 4 aromatic heterocycles. The molecule has 1 fully saturated rings. The normalized spacial score (nSPS) is 20.1. The molecule has 13 heteroatoms. The molecule has 0 saturated carbocycles. The number of aromatic nitrogens is 7. The third-order valence-electron chi connectivity index (χ3n) is 5.14. The fourth-order valence-electron chi connectivity index (χ4n) is 3.60. The van der Waals surface area contributed by atoms with E-state index < -0.39 is 24.5 Å². The number of halogens is 1. The van der Waals surface area contributed by atoms with Crippen LogP contribution in [0.15, 0.2) is 43.2 Å². The van der Waals surface area contributed by atoms with Gasteiger partial charge in [0.25, 0.3) is 0 Å². The quantitative estimate of drug-likeness (QED) is 0.390. The number of fused-ring (bicyclic) bond motifs is 1. The average Bonchev–Trinajstić information content (AvgIpc) is 3.55. The van der Waals surface area contributed by atoms with Crippen LogP contribution in [0.1, 0.15) is 25.6 Å². The summed E-state index contributed by atoms with van der Waals surface area (Å²) in [6.45, 7) is 3.52. The molecule has 1 aliphatic rings. The molecular formula is C21H22FN9O3. The first-order valence-electron chi connectivity index (χ1n) is 10.6. The van der Waals surface area contributed by atoms with Gasteiger partial charge in [-0.25, -0.2) is 29.1 Å². The Morgan fingerprint density at radius 2 is 2.15 bits per heavy atom. The number of imidazole rings is 1. The highest BCUT2D eigenvalue weighted by Crippen LogP contribution is 2.33. The zero-order valence-corrected chi connectivity index (χ0v) is 18.3. The van der Waals surface area contributed by atoms with Gasteiger partial charge in [0.05, 0.1) is 18.0 Å². The van der Waals surface area contributed by atoms with Gasteiger partial charge in [0, 0.05) is 48.5 Å². The zero-order valence-electron chi connectivity index (χ0n) is 18.3. The van der Waals surface area contributed by atoms with Crippen molar-refractivity contribution >= 4 is 23.5 Å². The number of carbonyl (C=O) groups is 1. The minimum Gasteiger partial charge on any atom is -0.441 e. The Bertz CT molecular complexity index is 1290. The topological polar surface area (TPSA) is 144 Å². The molecule has 3 atom stereocenters. The van der Waals surface area contributed by atoms with E-state index in [0.717, 1.165) is 5.56 Å². The van der Waals surface area contributed by atoms with Gasteiger partial charge in [-0.05, 0) is 13.8 Å². The number of ether oxygens (including phenoxy) is 2. The van der Waals surface area contributed by atoms with Gasteiger partial charge in [-0.1, -0.05) is 0 Å². The van der Waals surface area contributed by atoms with E-state index in [1.807, 2.05) is 6.07 Å². The van der Waals surface area contributed by atoms with E-state index in [-0.39, 0.29) is 12.6 Å². The first-order chi connectivity index (χ1) is 16.5. The number of H-pyrrole nitrogens is 1. The van der Waals surface area contributed by atoms with Crippen LogP contribution >= 0.6 is 0 Å². The number of nitrogens with one attached hydrogen (secondary N) is 3. The van der Waals surface area contributed by atoms with E-state index in [2.05, 4.69) is 40.8 Å². The van der Waals surface area contributed by atoms with Crippen LogP contribution in [-0.4, -0.2) is 65.6 Å². The highest BCUT2D eigenvalue weighted by Gasteiger charge is 2.42. The van der Waals surface area contributed by atoms with E-state index in [1.54, 1.807) is 49.1 Å². The van der Waals surface area contributed by atoms with Gasteiger partial charge in [-0.2, -0.15) is 5.10 Å². The van der Waals surface area contributed by atoms with E-state index in [1.165, 1.54) is 6.33 Å². The maximum absolute atomic E-state index is 14.9. The van der Waals surface area contributed by atoms with Crippen molar-refractivity contribution in [1.29, 1.82) is 0 Å². The van der Waals surface area contributed by atoms with Crippen molar-refractivity contribution in [2.45, 2.75) is 38.3 Å². The van der Waals surface area contributed by atoms with Gasteiger partial charge in [-0.3, -0.25) is 9.50 Å². The van der Waals surface area contributed by atoms with Gasteiger partial charge in [-0.15, -0.1) is 0 Å². The lowest BCUT2D eigenvalue weighted by atomic mass is 10.1. The standard InChI is InChI=1S/C21H22FN9O3/c1-11(2)26-21(32)34-15-9-33-19(18(15)22)14-5-16(30-29-14)28-20-27-13(12-7-23-10-24-8-12)6-17-25-3-4-31(17)20/h3-8,10-11,15,18-19H,9H2,1-2H3,(H,26,32)(H2,27,28,29,30)/t15-,18+,19-/m0/s1. The number of alkyl carbamates (subject to hydrolysis) is 1. The molecule has 4 aromatic rings. The lowest BCUT2D eigenvalue weighted by Gasteiger charge is -2.16. The first-order valence-corrected chi connectivity index (χ1v) is 10.6. The number of carbonyl (C=O) groups excluding carboxylic acids is 1. The van der Waals surface area contributed by atoms with E-state index in [0.29, 0.717) is 28.8 Å². The minimum absolute atomic E-state index is 0.0580. The van der Waals surface area contributed by atoms with Crippen LogP contribution in [0, 0.1) is 0 Å². The van der Waals surface area contributed by atoms with Gasteiger partial charge < -0.3 is 20.1 Å². The number of hydrogen-bond donors (Lipinski definition) is 3. The summed E-state index contributed by atoms with van der Waals surface area (Å²) in [7, 11) is 0. The summed E-state index contributed by atoms with van der Waals surface area (Å²) in [5, 5.41) is 12.7. The van der Waals surface area contributed by atoms with Crippen LogP contribution in [0.5, 0.6) is 0 Å². The molecule has 0 aromatic carbocycles. The van der Waals surface area contributed by atoms with Crippen molar-refractivity contribution in [3.63, 3.8) is 0 Å². The Kier molecular flexibility index (Phi) is 5.76. The predicted molar refractivity (Wildman–Crippen MR) is 118 cm³/mol. The molecule has 34 heavy (non-hydrogen) atoms. The van der Waals surface area contributed by atoms with Crippen molar-refractivity contribution in [3.8, 4) is 11.3 Å². The van der Waals surface area contributed by atoms with Crippen molar-refractivity contribution < 1.29 is 18.7 Å². The fraction of sp³-hybridized carbons (Fsp3) is 0.333. The Hall–Kier alpha value is -4.13. The molecule has 176 valence electrons. The number of hydrogen-bond acceptors (Lipinski definition) is 9. The van der Waals surface area contributed by atoms with Crippen LogP contribution in [-0.2, 0) is 9.47 Å². The Balaban J connectivity index is 1.33. The average molecular weight is 467 g/mol. The second-order valence-electron chi connectivity index (χ2n) is 8.02. The van der Waals surface area contributed by atoms with Gasteiger partial charge in [0.2, 0.25) is 5.95 Å². The van der Waals surface area contributed by atoms with Crippen LogP contribution in [0.2, 0.25) is 0 Å². The minimum atomic E-state index is -1.55. The van der Waals surface area contributed by atoms with Crippen molar-refractivity contribution in [2.75, 3.05) is 11.9 Å². The number of rotatable bonds is 6. The lowest BCUT2D eigenvalue weighted by Crippen LogP contribution is -2.36. The van der Waals surface area contributed by atoms with Crippen molar-refractivity contribution in [2.24, 2.45) is 0 Å². The molecule has 0 bridgehead atoms. The van der Waals surface area contributed by atoms with Crippen molar-refractivity contribution in [1.82, 2.24) is 39.9 Å². The molecule has 0 spiro atoms. The summed E-state index contributed by atoms with van der Waals surface area (Å²) in [6.07, 6.45) is 3.97. The molecule has 5 heterocycles. The summed E-state index contributed by atoms with van der Waals surface area (Å²) >= 11 is 0. The summed E-state index contributed by atoms with van der Waals surface area (Å²) in [5.41, 5.74) is 2.42. The van der Waals surface area contributed by atoms with Gasteiger partial charge in [0.1, 0.15) is 18.1 Å². The van der Waals surface area contributed by atoms with E-state index in [9.17, 15) is 9.18 Å². The Morgan fingerprint density at radius 1 is 1.32 bits per heavy atom. The molecule has 1 amide bonds. The molecule has 0 unspecified atom stereocenters. The molecule has 1 aliphatic heterocycles. The summed E-state index contributed by atoms with van der Waals surface area (Å²) in [5.74, 6) is 0.847. The molecule has 3 N–H and O–H groups in total. The molecular weight excluding hydrogens is 445 g/mol.